The minimum atomic E-state index is -1.09. The Morgan fingerprint density at radius 3 is 1.68 bits per heavy atom. The zero-order chi connectivity index (χ0) is 27.8. The van der Waals surface area contributed by atoms with Gasteiger partial charge in [-0.1, -0.05) is 54.6 Å². The Morgan fingerprint density at radius 2 is 1.15 bits per heavy atom. The van der Waals surface area contributed by atoms with Crippen molar-refractivity contribution >= 4 is 70.0 Å². The molecule has 1 atom stereocenters. The molecule has 2 amide bonds. The van der Waals surface area contributed by atoms with Crippen LogP contribution in [0.3, 0.4) is 0 Å². The predicted molar refractivity (Wildman–Crippen MR) is 162 cm³/mol. The van der Waals surface area contributed by atoms with Crippen LogP contribution in [-0.2, 0) is 0 Å². The van der Waals surface area contributed by atoms with Crippen LogP contribution in [0.15, 0.2) is 91.0 Å². The Bertz CT molecular complexity index is 2080. The van der Waals surface area contributed by atoms with E-state index in [-0.39, 0.29) is 11.6 Å². The van der Waals surface area contributed by atoms with Crippen LogP contribution in [0.2, 0.25) is 0 Å². The summed E-state index contributed by atoms with van der Waals surface area (Å²) in [5.74, 6) is 1.33. The molecule has 41 heavy (non-hydrogen) atoms. The van der Waals surface area contributed by atoms with E-state index >= 15 is 0 Å². The lowest BCUT2D eigenvalue weighted by atomic mass is 9.97. The quantitative estimate of drug-likeness (QED) is 0.157. The number of hydrogen-bond donors (Lipinski definition) is 0. The van der Waals surface area contributed by atoms with Gasteiger partial charge in [0.15, 0.2) is 11.6 Å². The molecule has 0 spiro atoms. The number of hydrogen-bond acceptors (Lipinski definition) is 5. The van der Waals surface area contributed by atoms with Crippen molar-refractivity contribution in [3.05, 3.63) is 130 Å². The Labute approximate surface area is 235 Å². The summed E-state index contributed by atoms with van der Waals surface area (Å²) in [6, 6.07) is 25.8. The molecule has 194 valence electrons. The molecular weight excluding hydrogens is 531 g/mol. The fourth-order valence-electron chi connectivity index (χ4n) is 5.98. The minimum Gasteiger partial charge on any atom is -0.293 e. The lowest BCUT2D eigenvalue weighted by Crippen LogP contribution is -2.29. The van der Waals surface area contributed by atoms with E-state index in [1.807, 2.05) is 66.2 Å². The third kappa shape index (κ3) is 3.41. The predicted octanol–water partition coefficient (Wildman–Crippen LogP) is 5.83. The number of imide groups is 1. The highest BCUT2D eigenvalue weighted by molar-refractivity contribution is 7.40. The van der Waals surface area contributed by atoms with Crippen LogP contribution >= 0.6 is 7.83 Å². The number of pyridine rings is 1. The summed E-state index contributed by atoms with van der Waals surface area (Å²) >= 11 is 0. The Balaban J connectivity index is 1.23. The van der Waals surface area contributed by atoms with Crippen LogP contribution < -0.4 is 0 Å². The van der Waals surface area contributed by atoms with Crippen molar-refractivity contribution in [3.8, 4) is 0 Å². The Morgan fingerprint density at radius 1 is 0.634 bits per heavy atom. The van der Waals surface area contributed by atoms with Crippen LogP contribution in [0.4, 0.5) is 0 Å². The van der Waals surface area contributed by atoms with Crippen molar-refractivity contribution in [1.29, 1.82) is 0 Å². The lowest BCUT2D eigenvalue weighted by Gasteiger charge is -2.20. The molecule has 5 aromatic rings. The maximum atomic E-state index is 13.7. The highest BCUT2D eigenvalue weighted by Crippen LogP contribution is 2.38. The molecule has 6 nitrogen and oxygen atoms in total. The number of aromatic nitrogens is 1. The van der Waals surface area contributed by atoms with E-state index in [4.69, 9.17) is 4.98 Å². The van der Waals surface area contributed by atoms with Gasteiger partial charge in [-0.2, -0.15) is 0 Å². The van der Waals surface area contributed by atoms with Gasteiger partial charge < -0.3 is 0 Å². The monoisotopic (exact) mass is 550 g/mol. The first-order valence-corrected chi connectivity index (χ1v) is 14.3. The number of nitrogens with zero attached hydrogens (tertiary/aromatic N) is 2. The normalized spacial score (nSPS) is 16.5. The third-order valence-electron chi connectivity index (χ3n) is 8.00. The smallest absolute Gasteiger partial charge is 0.266 e. The molecule has 0 saturated carbocycles. The standard InChI is InChI=1S/C34H19N2O4P/c37-31-23-13-18-5-1-2-6-19(18)14-24(23)32(38)29(31)27-10-9-22-17-41-12-11-28(30(22)35-27)36-33(39)25-15-20-7-3-4-8-21(20)16-26(25)34(36)40/h1-17,29,41H. The second kappa shape index (κ2) is 8.65. The largest absolute Gasteiger partial charge is 0.293 e. The molecule has 7 heteroatoms. The maximum Gasteiger partial charge on any atom is 0.266 e. The van der Waals surface area contributed by atoms with Crippen molar-refractivity contribution in [1.82, 2.24) is 9.88 Å². The average molecular weight is 551 g/mol. The molecule has 0 fully saturated rings. The van der Waals surface area contributed by atoms with Gasteiger partial charge in [-0.05, 0) is 69.5 Å². The number of carbonyl (C=O) groups excluding carboxylic acids is 4. The summed E-state index contributed by atoms with van der Waals surface area (Å²) in [5, 5.41) is 3.52. The van der Waals surface area contributed by atoms with Crippen molar-refractivity contribution in [2.24, 2.45) is 0 Å². The maximum absolute atomic E-state index is 13.7. The number of Topliss-reactive ketones (excluding diaryl/α,β-unsaturated/α-hetero) is 2. The fourth-order valence-corrected chi connectivity index (χ4v) is 6.75. The van der Waals surface area contributed by atoms with Gasteiger partial charge in [-0.25, -0.2) is 9.88 Å². The van der Waals surface area contributed by atoms with Crippen molar-refractivity contribution < 1.29 is 19.2 Å². The van der Waals surface area contributed by atoms with E-state index < -0.39 is 17.7 Å². The summed E-state index contributed by atoms with van der Waals surface area (Å²) in [6.45, 7) is 0. The summed E-state index contributed by atoms with van der Waals surface area (Å²) in [7, 11) is 0.301. The number of allylic oxidation sites excluding steroid dienone is 1. The molecule has 8 rings (SSSR count). The fraction of sp³-hybridized carbons (Fsp3) is 0.0294. The average Bonchev–Trinajstić information content (AvgIpc) is 3.26. The van der Waals surface area contributed by atoms with Crippen LogP contribution in [0.5, 0.6) is 0 Å². The SMILES string of the molecule is O=C1c2cc3ccccc3cc2C(=O)C1c1ccc2c(n1)C(N1C(=O)c3cc4ccccc4cc3C1=O)=CC=[PH]=C2. The first kappa shape index (κ1) is 23.7. The molecule has 1 unspecified atom stereocenters. The molecule has 4 aromatic carbocycles. The molecule has 2 aliphatic heterocycles. The molecule has 3 heterocycles. The highest BCUT2D eigenvalue weighted by Gasteiger charge is 2.42. The van der Waals surface area contributed by atoms with Gasteiger partial charge in [0.05, 0.1) is 28.2 Å². The summed E-state index contributed by atoms with van der Waals surface area (Å²) in [5.41, 5.74) is 3.21. The van der Waals surface area contributed by atoms with Crippen LogP contribution in [0, 0.1) is 0 Å². The van der Waals surface area contributed by atoms with Gasteiger partial charge in [0, 0.05) is 16.7 Å². The second-order valence-electron chi connectivity index (χ2n) is 10.3. The number of rotatable bonds is 2. The molecular formula is C34H19N2O4P. The highest BCUT2D eigenvalue weighted by atomic mass is 31.0. The van der Waals surface area contributed by atoms with Crippen molar-refractivity contribution in [2.75, 3.05) is 0 Å². The molecule has 0 saturated heterocycles. The van der Waals surface area contributed by atoms with Gasteiger partial charge >= 0.3 is 0 Å². The number of carbonyl (C=O) groups is 4. The number of amides is 2. The van der Waals surface area contributed by atoms with E-state index in [9.17, 15) is 19.2 Å². The first-order valence-electron chi connectivity index (χ1n) is 13.2. The lowest BCUT2D eigenvalue weighted by molar-refractivity contribution is 0.0733. The van der Waals surface area contributed by atoms with Gasteiger partial charge in [0.2, 0.25) is 0 Å². The van der Waals surface area contributed by atoms with E-state index in [1.54, 1.807) is 36.4 Å². The molecule has 0 bridgehead atoms. The zero-order valence-electron chi connectivity index (χ0n) is 21.4. The van der Waals surface area contributed by atoms with Crippen molar-refractivity contribution in [3.63, 3.8) is 0 Å². The van der Waals surface area contributed by atoms with E-state index in [0.29, 0.717) is 47.2 Å². The van der Waals surface area contributed by atoms with Gasteiger partial charge in [-0.3, -0.25) is 19.2 Å². The molecule has 1 aliphatic carbocycles. The Kier molecular flexibility index (Phi) is 5.00. The van der Waals surface area contributed by atoms with E-state index in [1.165, 1.54) is 4.90 Å². The van der Waals surface area contributed by atoms with Gasteiger partial charge in [-0.15, -0.1) is 7.83 Å². The zero-order valence-corrected chi connectivity index (χ0v) is 22.4. The van der Waals surface area contributed by atoms with Crippen LogP contribution in [-0.4, -0.2) is 44.9 Å². The van der Waals surface area contributed by atoms with Gasteiger partial charge in [0.1, 0.15) is 5.92 Å². The molecule has 3 aliphatic rings. The molecule has 1 aromatic heterocycles. The topological polar surface area (TPSA) is 84.4 Å². The van der Waals surface area contributed by atoms with Crippen molar-refractivity contribution in [2.45, 2.75) is 5.92 Å². The number of benzene rings is 4. The number of ketones is 2. The summed E-state index contributed by atoms with van der Waals surface area (Å²) < 4.78 is 0. The second-order valence-corrected chi connectivity index (χ2v) is 11.3. The molecule has 0 N–H and O–H groups in total. The third-order valence-corrected chi connectivity index (χ3v) is 8.83. The summed E-state index contributed by atoms with van der Waals surface area (Å²) in [4.78, 5) is 60.5. The first-order chi connectivity index (χ1) is 20.0. The van der Waals surface area contributed by atoms with Gasteiger partial charge in [0.25, 0.3) is 11.8 Å². The van der Waals surface area contributed by atoms with E-state index in [0.717, 1.165) is 27.1 Å². The Hall–Kier alpha value is -5.19. The molecule has 0 radical (unpaired) electrons. The number of fused-ring (bicyclic) bond motifs is 5. The van der Waals surface area contributed by atoms with E-state index in [2.05, 4.69) is 0 Å². The van der Waals surface area contributed by atoms with Crippen LogP contribution in [0.25, 0.3) is 27.2 Å². The van der Waals surface area contributed by atoms with Crippen LogP contribution in [0.1, 0.15) is 64.3 Å². The minimum absolute atomic E-state index is 0.297. The summed E-state index contributed by atoms with van der Waals surface area (Å²) in [6.07, 6.45) is 1.73.